The maximum Gasteiger partial charge on any atom is 0.232 e. The summed E-state index contributed by atoms with van der Waals surface area (Å²) in [6, 6.07) is 14.4. The van der Waals surface area contributed by atoms with Crippen LogP contribution in [-0.2, 0) is 19.5 Å². The molecule has 1 aromatic heterocycles. The highest BCUT2D eigenvalue weighted by molar-refractivity contribution is 5.54. The van der Waals surface area contributed by atoms with Crippen molar-refractivity contribution in [3.63, 3.8) is 0 Å². The van der Waals surface area contributed by atoms with Gasteiger partial charge in [0.1, 0.15) is 5.82 Å². The van der Waals surface area contributed by atoms with Gasteiger partial charge in [-0.25, -0.2) is 0 Å². The average Bonchev–Trinajstić information content (AvgIpc) is 3.28. The first-order chi connectivity index (χ1) is 16.1. The Balaban J connectivity index is 1.15. The summed E-state index contributed by atoms with van der Waals surface area (Å²) < 4.78 is 10.9. The third-order valence-electron chi connectivity index (χ3n) is 5.99. The fourth-order valence-electron chi connectivity index (χ4n) is 4.12. The van der Waals surface area contributed by atoms with Crippen LogP contribution in [0.4, 0.5) is 17.6 Å². The van der Waals surface area contributed by atoms with Crippen LogP contribution in [-0.4, -0.2) is 57.7 Å². The lowest BCUT2D eigenvalue weighted by atomic mass is 10.1. The van der Waals surface area contributed by atoms with Gasteiger partial charge >= 0.3 is 0 Å². The van der Waals surface area contributed by atoms with Crippen molar-refractivity contribution in [1.82, 2.24) is 24.8 Å². The molecule has 0 atom stereocenters. The molecule has 9 nitrogen and oxygen atoms in total. The second-order valence-corrected chi connectivity index (χ2v) is 8.35. The summed E-state index contributed by atoms with van der Waals surface area (Å²) in [4.78, 5) is 18.0. The largest absolute Gasteiger partial charge is 0.454 e. The zero-order chi connectivity index (χ0) is 22.6. The molecule has 2 aliphatic rings. The summed E-state index contributed by atoms with van der Waals surface area (Å²) in [6.07, 6.45) is 1.01. The van der Waals surface area contributed by atoms with E-state index in [1.807, 2.05) is 18.2 Å². The molecule has 3 N–H and O–H groups in total. The van der Waals surface area contributed by atoms with Crippen molar-refractivity contribution in [3.05, 3.63) is 59.4 Å². The summed E-state index contributed by atoms with van der Waals surface area (Å²) >= 11 is 0. The number of fused-ring (bicyclic) bond motifs is 1. The SMILES string of the molecule is CCc1ccc(Nc2nc(N)nc(CN3CCN(Cc4ccc5c(c4)OCO5)CC3)n2)cc1. The van der Waals surface area contributed by atoms with E-state index in [1.165, 1.54) is 11.1 Å². The van der Waals surface area contributed by atoms with Gasteiger partial charge in [-0.3, -0.25) is 9.80 Å². The van der Waals surface area contributed by atoms with Crippen LogP contribution in [0.25, 0.3) is 0 Å². The summed E-state index contributed by atoms with van der Waals surface area (Å²) in [5.41, 5.74) is 9.42. The number of ether oxygens (including phenoxy) is 2. The standard InChI is InChI=1S/C24H29N7O2/c1-2-17-3-6-19(7-4-17)26-24-28-22(27-23(25)29-24)15-31-11-9-30(10-12-31)14-18-5-8-20-21(13-18)33-16-32-20/h3-8,13H,2,9-12,14-16H2,1H3,(H3,25,26,27,28,29). The summed E-state index contributed by atoms with van der Waals surface area (Å²) in [5.74, 6) is 3.05. The molecule has 9 heteroatoms. The molecule has 5 rings (SSSR count). The van der Waals surface area contributed by atoms with Gasteiger partial charge in [0.2, 0.25) is 18.7 Å². The monoisotopic (exact) mass is 447 g/mol. The zero-order valence-electron chi connectivity index (χ0n) is 18.8. The molecule has 0 radical (unpaired) electrons. The van der Waals surface area contributed by atoms with Crippen LogP contribution >= 0.6 is 0 Å². The van der Waals surface area contributed by atoms with E-state index < -0.39 is 0 Å². The molecule has 2 aromatic carbocycles. The second-order valence-electron chi connectivity index (χ2n) is 8.35. The third kappa shape index (κ3) is 5.32. The summed E-state index contributed by atoms with van der Waals surface area (Å²) in [6.45, 7) is 7.82. The molecule has 1 saturated heterocycles. The molecule has 0 unspecified atom stereocenters. The molecule has 2 aliphatic heterocycles. The number of hydrogen-bond acceptors (Lipinski definition) is 9. The molecule has 1 fully saturated rings. The Labute approximate surface area is 193 Å². The van der Waals surface area contributed by atoms with Gasteiger partial charge in [-0.2, -0.15) is 15.0 Å². The molecule has 172 valence electrons. The van der Waals surface area contributed by atoms with E-state index in [1.54, 1.807) is 0 Å². The topological polar surface area (TPSA) is 102 Å². The van der Waals surface area contributed by atoms with Gasteiger partial charge < -0.3 is 20.5 Å². The van der Waals surface area contributed by atoms with Gasteiger partial charge in [0.05, 0.1) is 6.54 Å². The normalized spacial score (nSPS) is 16.2. The predicted octanol–water partition coefficient (Wildman–Crippen LogP) is 2.81. The van der Waals surface area contributed by atoms with Crippen molar-refractivity contribution in [2.75, 3.05) is 44.0 Å². The van der Waals surface area contributed by atoms with Gasteiger partial charge in [-0.1, -0.05) is 25.1 Å². The molecule has 3 heterocycles. The minimum atomic E-state index is 0.231. The number of hydrogen-bond donors (Lipinski definition) is 2. The Morgan fingerprint density at radius 1 is 0.848 bits per heavy atom. The Morgan fingerprint density at radius 3 is 2.30 bits per heavy atom. The predicted molar refractivity (Wildman–Crippen MR) is 126 cm³/mol. The number of nitrogens with zero attached hydrogens (tertiary/aromatic N) is 5. The maximum absolute atomic E-state index is 5.96. The Hall–Kier alpha value is -3.43. The highest BCUT2D eigenvalue weighted by atomic mass is 16.7. The molecule has 0 amide bonds. The number of aromatic nitrogens is 3. The van der Waals surface area contributed by atoms with Gasteiger partial charge in [0.25, 0.3) is 0 Å². The Morgan fingerprint density at radius 2 is 1.55 bits per heavy atom. The molecular formula is C24H29N7O2. The van der Waals surface area contributed by atoms with E-state index in [4.69, 9.17) is 15.2 Å². The molecule has 33 heavy (non-hydrogen) atoms. The van der Waals surface area contributed by atoms with Crippen LogP contribution in [0.2, 0.25) is 0 Å². The number of nitrogens with one attached hydrogen (secondary N) is 1. The average molecular weight is 448 g/mol. The number of anilines is 3. The molecule has 0 aliphatic carbocycles. The fourth-order valence-corrected chi connectivity index (χ4v) is 4.12. The van der Waals surface area contributed by atoms with Crippen LogP contribution in [0.3, 0.4) is 0 Å². The highest BCUT2D eigenvalue weighted by Crippen LogP contribution is 2.32. The van der Waals surface area contributed by atoms with E-state index in [-0.39, 0.29) is 5.95 Å². The number of aryl methyl sites for hydroxylation is 1. The summed E-state index contributed by atoms with van der Waals surface area (Å²) in [7, 11) is 0. The van der Waals surface area contributed by atoms with E-state index >= 15 is 0 Å². The minimum absolute atomic E-state index is 0.231. The Kier molecular flexibility index (Phi) is 6.23. The van der Waals surface area contributed by atoms with Crippen LogP contribution in [0.15, 0.2) is 42.5 Å². The Bertz CT molecular complexity index is 1100. The van der Waals surface area contributed by atoms with Crippen molar-refractivity contribution < 1.29 is 9.47 Å². The number of nitrogens with two attached hydrogens (primary N) is 1. The number of piperazine rings is 1. The van der Waals surface area contributed by atoms with Crippen molar-refractivity contribution in [2.24, 2.45) is 0 Å². The maximum atomic E-state index is 5.96. The number of rotatable bonds is 7. The summed E-state index contributed by atoms with van der Waals surface area (Å²) in [5, 5.41) is 3.24. The number of nitrogen functional groups attached to an aromatic ring is 1. The first kappa shape index (κ1) is 21.4. The van der Waals surface area contributed by atoms with Crippen molar-refractivity contribution >= 4 is 17.6 Å². The van der Waals surface area contributed by atoms with E-state index in [0.29, 0.717) is 25.1 Å². The van der Waals surface area contributed by atoms with E-state index in [2.05, 4.69) is 61.3 Å². The lowest BCUT2D eigenvalue weighted by Crippen LogP contribution is -2.45. The quantitative estimate of drug-likeness (QED) is 0.566. The molecule has 0 spiro atoms. The molecule has 0 saturated carbocycles. The third-order valence-corrected chi connectivity index (χ3v) is 5.99. The van der Waals surface area contributed by atoms with Gasteiger partial charge in [0.15, 0.2) is 11.5 Å². The molecule has 3 aromatic rings. The smallest absolute Gasteiger partial charge is 0.232 e. The first-order valence-electron chi connectivity index (χ1n) is 11.3. The van der Waals surface area contributed by atoms with Gasteiger partial charge in [0, 0.05) is 38.4 Å². The minimum Gasteiger partial charge on any atom is -0.454 e. The van der Waals surface area contributed by atoms with Crippen molar-refractivity contribution in [3.8, 4) is 11.5 Å². The van der Waals surface area contributed by atoms with Crippen LogP contribution in [0.1, 0.15) is 23.9 Å². The lowest BCUT2D eigenvalue weighted by molar-refractivity contribution is 0.120. The second kappa shape index (κ2) is 9.60. The fraction of sp³-hybridized carbons (Fsp3) is 0.375. The lowest BCUT2D eigenvalue weighted by Gasteiger charge is -2.34. The van der Waals surface area contributed by atoms with Crippen molar-refractivity contribution in [1.29, 1.82) is 0 Å². The first-order valence-corrected chi connectivity index (χ1v) is 11.3. The highest BCUT2D eigenvalue weighted by Gasteiger charge is 2.20. The van der Waals surface area contributed by atoms with Crippen LogP contribution in [0.5, 0.6) is 11.5 Å². The van der Waals surface area contributed by atoms with Crippen LogP contribution in [0, 0.1) is 0 Å². The number of benzene rings is 2. The van der Waals surface area contributed by atoms with Crippen molar-refractivity contribution in [2.45, 2.75) is 26.4 Å². The van der Waals surface area contributed by atoms with E-state index in [9.17, 15) is 0 Å². The van der Waals surface area contributed by atoms with Crippen LogP contribution < -0.4 is 20.5 Å². The van der Waals surface area contributed by atoms with E-state index in [0.717, 1.165) is 56.3 Å². The van der Waals surface area contributed by atoms with Gasteiger partial charge in [-0.05, 0) is 41.8 Å². The zero-order valence-corrected chi connectivity index (χ0v) is 18.8. The molecular weight excluding hydrogens is 418 g/mol. The molecule has 0 bridgehead atoms. The van der Waals surface area contributed by atoms with Gasteiger partial charge in [-0.15, -0.1) is 0 Å².